The molecule has 7 nitrogen and oxygen atoms in total. The van der Waals surface area contributed by atoms with Gasteiger partial charge in [-0.05, 0) is 26.2 Å². The number of aromatic hydroxyl groups is 1. The summed E-state index contributed by atoms with van der Waals surface area (Å²) in [5.74, 6) is -0.909. The molecule has 0 spiro atoms. The second kappa shape index (κ2) is 6.07. The third-order valence-corrected chi connectivity index (χ3v) is 4.45. The maximum Gasteiger partial charge on any atom is 0.289 e. The van der Waals surface area contributed by atoms with Gasteiger partial charge < -0.3 is 24.9 Å². The van der Waals surface area contributed by atoms with Crippen LogP contribution in [-0.4, -0.2) is 42.0 Å². The number of aryl methyl sites for hydroxylation is 1. The van der Waals surface area contributed by atoms with Gasteiger partial charge in [0.2, 0.25) is 0 Å². The zero-order chi connectivity index (χ0) is 17.4. The molecule has 3 rings (SSSR count). The number of piperidine rings is 1. The van der Waals surface area contributed by atoms with Crippen molar-refractivity contribution in [3.63, 3.8) is 0 Å². The van der Waals surface area contributed by atoms with Crippen LogP contribution >= 0.6 is 0 Å². The molecule has 0 unspecified atom stereocenters. The monoisotopic (exact) mass is 332 g/mol. The summed E-state index contributed by atoms with van der Waals surface area (Å²) in [5, 5.41) is 10.5. The van der Waals surface area contributed by atoms with Gasteiger partial charge in [-0.1, -0.05) is 0 Å². The zero-order valence-corrected chi connectivity index (χ0v) is 13.7. The van der Waals surface area contributed by atoms with E-state index in [2.05, 4.69) is 0 Å². The number of amides is 2. The minimum atomic E-state index is -0.828. The maximum atomic E-state index is 12.8. The van der Waals surface area contributed by atoms with Gasteiger partial charge in [-0.2, -0.15) is 0 Å². The van der Waals surface area contributed by atoms with E-state index in [-0.39, 0.29) is 28.6 Å². The van der Waals surface area contributed by atoms with Crippen molar-refractivity contribution in [1.82, 2.24) is 4.90 Å². The molecule has 24 heavy (non-hydrogen) atoms. The normalized spacial score (nSPS) is 14.8. The summed E-state index contributed by atoms with van der Waals surface area (Å²) < 4.78 is 11.0. The van der Waals surface area contributed by atoms with E-state index in [0.717, 1.165) is 19.3 Å². The van der Waals surface area contributed by atoms with Gasteiger partial charge in [-0.25, -0.2) is 0 Å². The lowest BCUT2D eigenvalue weighted by Gasteiger charge is -2.25. The number of carbonyl (C=O) groups is 2. The first-order chi connectivity index (χ1) is 11.5. The Labute approximate surface area is 139 Å². The number of nitrogens with zero attached hydrogens (tertiary/aromatic N) is 1. The summed E-state index contributed by atoms with van der Waals surface area (Å²) in [6, 6.07) is 1.31. The van der Waals surface area contributed by atoms with Crippen LogP contribution in [0.3, 0.4) is 0 Å². The Morgan fingerprint density at radius 2 is 1.96 bits per heavy atom. The first kappa shape index (κ1) is 16.2. The van der Waals surface area contributed by atoms with Crippen LogP contribution in [0.15, 0.2) is 10.5 Å². The maximum absolute atomic E-state index is 12.8. The van der Waals surface area contributed by atoms with Crippen molar-refractivity contribution in [2.24, 2.45) is 5.73 Å². The molecule has 1 saturated heterocycles. The Morgan fingerprint density at radius 1 is 1.29 bits per heavy atom. The van der Waals surface area contributed by atoms with Gasteiger partial charge in [0.1, 0.15) is 17.1 Å². The number of likely N-dealkylation sites (tertiary alicyclic amines) is 1. The van der Waals surface area contributed by atoms with E-state index in [1.165, 1.54) is 13.2 Å². The van der Waals surface area contributed by atoms with Crippen LogP contribution in [0.1, 0.15) is 45.7 Å². The molecule has 1 aromatic heterocycles. The van der Waals surface area contributed by atoms with Crippen LogP contribution in [0.4, 0.5) is 0 Å². The Kier molecular flexibility index (Phi) is 4.09. The number of hydrogen-bond donors (Lipinski definition) is 2. The lowest BCUT2D eigenvalue weighted by atomic mass is 10.0. The average molecular weight is 332 g/mol. The fourth-order valence-electron chi connectivity index (χ4n) is 3.21. The molecule has 0 saturated carbocycles. The Bertz CT molecular complexity index is 818. The van der Waals surface area contributed by atoms with E-state index in [4.69, 9.17) is 14.9 Å². The van der Waals surface area contributed by atoms with E-state index in [9.17, 15) is 14.7 Å². The number of phenols is 1. The van der Waals surface area contributed by atoms with E-state index in [1.807, 2.05) is 0 Å². The average Bonchev–Trinajstić information content (AvgIpc) is 2.91. The molecule has 1 aliphatic rings. The first-order valence-electron chi connectivity index (χ1n) is 7.87. The smallest absolute Gasteiger partial charge is 0.289 e. The molecule has 2 amide bonds. The number of rotatable bonds is 3. The molecular weight excluding hydrogens is 312 g/mol. The summed E-state index contributed by atoms with van der Waals surface area (Å²) in [6.45, 7) is 3.09. The van der Waals surface area contributed by atoms with Crippen molar-refractivity contribution in [1.29, 1.82) is 0 Å². The van der Waals surface area contributed by atoms with Gasteiger partial charge in [0.05, 0.1) is 12.5 Å². The molecule has 1 aromatic carbocycles. The van der Waals surface area contributed by atoms with E-state index in [1.54, 1.807) is 11.8 Å². The molecule has 0 radical (unpaired) electrons. The van der Waals surface area contributed by atoms with Crippen molar-refractivity contribution in [3.8, 4) is 11.5 Å². The molecular formula is C17H20N2O5. The highest BCUT2D eigenvalue weighted by Gasteiger charge is 2.29. The number of furan rings is 1. The van der Waals surface area contributed by atoms with Crippen molar-refractivity contribution in [2.75, 3.05) is 20.2 Å². The minimum Gasteiger partial charge on any atom is -0.507 e. The molecule has 0 atom stereocenters. The van der Waals surface area contributed by atoms with Crippen LogP contribution in [0.5, 0.6) is 11.5 Å². The Hall–Kier alpha value is -2.70. The van der Waals surface area contributed by atoms with Gasteiger partial charge in [0.15, 0.2) is 11.3 Å². The topological polar surface area (TPSA) is 106 Å². The summed E-state index contributed by atoms with van der Waals surface area (Å²) in [5.41, 5.74) is 5.86. The highest BCUT2D eigenvalue weighted by Crippen LogP contribution is 2.40. The number of primary amides is 1. The second-order valence-corrected chi connectivity index (χ2v) is 5.95. The quantitative estimate of drug-likeness (QED) is 0.896. The highest BCUT2D eigenvalue weighted by molar-refractivity contribution is 6.11. The molecule has 1 aliphatic heterocycles. The number of methoxy groups -OCH3 is 1. The Morgan fingerprint density at radius 3 is 2.54 bits per heavy atom. The Balaban J connectivity index is 2.20. The number of fused-ring (bicyclic) bond motifs is 1. The molecule has 0 bridgehead atoms. The molecule has 3 N–H and O–H groups in total. The molecule has 2 heterocycles. The fraction of sp³-hybridized carbons (Fsp3) is 0.412. The number of ether oxygens (including phenoxy) is 1. The number of hydrogen-bond acceptors (Lipinski definition) is 5. The van der Waals surface area contributed by atoms with Crippen LogP contribution in [0.2, 0.25) is 0 Å². The standard InChI is InChI=1S/C17H20N2O5/c1-9-12-11(23-2)8-10(20)13(16(18)21)15(12)24-14(9)17(22)19-6-4-3-5-7-19/h8,20H,3-7H2,1-2H3,(H2,18,21). The largest absolute Gasteiger partial charge is 0.507 e. The van der Waals surface area contributed by atoms with Crippen molar-refractivity contribution >= 4 is 22.8 Å². The van der Waals surface area contributed by atoms with E-state index >= 15 is 0 Å². The summed E-state index contributed by atoms with van der Waals surface area (Å²) in [4.78, 5) is 26.2. The predicted octanol–water partition coefficient (Wildman–Crippen LogP) is 2.18. The summed E-state index contributed by atoms with van der Waals surface area (Å²) in [6.07, 6.45) is 3.03. The first-order valence-corrected chi connectivity index (χ1v) is 7.87. The van der Waals surface area contributed by atoms with Crippen molar-refractivity contribution in [3.05, 3.63) is 23.0 Å². The number of nitrogens with two attached hydrogens (primary N) is 1. The number of benzene rings is 1. The summed E-state index contributed by atoms with van der Waals surface area (Å²) in [7, 11) is 1.44. The van der Waals surface area contributed by atoms with Gasteiger partial charge in [-0.3, -0.25) is 9.59 Å². The third kappa shape index (κ3) is 2.46. The number of carbonyl (C=O) groups excluding carboxylic acids is 2. The molecule has 2 aromatic rings. The van der Waals surface area contributed by atoms with Crippen molar-refractivity contribution < 1.29 is 23.8 Å². The second-order valence-electron chi connectivity index (χ2n) is 5.95. The molecule has 128 valence electrons. The van der Waals surface area contributed by atoms with Gasteiger partial charge >= 0.3 is 0 Å². The van der Waals surface area contributed by atoms with Crippen LogP contribution < -0.4 is 10.5 Å². The highest BCUT2D eigenvalue weighted by atomic mass is 16.5. The van der Waals surface area contributed by atoms with Crippen LogP contribution in [0.25, 0.3) is 11.0 Å². The predicted molar refractivity (Wildman–Crippen MR) is 87.4 cm³/mol. The van der Waals surface area contributed by atoms with Gasteiger partial charge in [-0.15, -0.1) is 0 Å². The lowest BCUT2D eigenvalue weighted by Crippen LogP contribution is -2.35. The van der Waals surface area contributed by atoms with Gasteiger partial charge in [0, 0.05) is 24.7 Å². The molecule has 7 heteroatoms. The summed E-state index contributed by atoms with van der Waals surface area (Å²) >= 11 is 0. The van der Waals surface area contributed by atoms with Crippen molar-refractivity contribution in [2.45, 2.75) is 26.2 Å². The third-order valence-electron chi connectivity index (χ3n) is 4.45. The lowest BCUT2D eigenvalue weighted by molar-refractivity contribution is 0.0693. The van der Waals surface area contributed by atoms with Gasteiger partial charge in [0.25, 0.3) is 11.8 Å². The minimum absolute atomic E-state index is 0.0807. The molecule has 0 aliphatic carbocycles. The SMILES string of the molecule is COc1cc(O)c(C(N)=O)c2oc(C(=O)N3CCCCC3)c(C)c12. The van der Waals surface area contributed by atoms with E-state index < -0.39 is 5.91 Å². The van der Waals surface area contributed by atoms with E-state index in [0.29, 0.717) is 29.8 Å². The van der Waals surface area contributed by atoms with Crippen LogP contribution in [0, 0.1) is 6.92 Å². The fourth-order valence-corrected chi connectivity index (χ4v) is 3.21. The molecule has 1 fully saturated rings. The zero-order valence-electron chi connectivity index (χ0n) is 13.7. The van der Waals surface area contributed by atoms with Crippen LogP contribution in [-0.2, 0) is 0 Å².